The van der Waals surface area contributed by atoms with Gasteiger partial charge in [-0.25, -0.2) is 4.79 Å². The second-order valence-electron chi connectivity index (χ2n) is 5.22. The Morgan fingerprint density at radius 1 is 1.48 bits per heavy atom. The molecule has 0 aliphatic carbocycles. The van der Waals surface area contributed by atoms with Crippen LogP contribution < -0.4 is 5.32 Å². The number of rotatable bonds is 5. The number of urea groups is 1. The fourth-order valence-corrected chi connectivity index (χ4v) is 2.52. The van der Waals surface area contributed by atoms with Crippen molar-refractivity contribution in [2.75, 3.05) is 25.0 Å². The smallest absolute Gasteiger partial charge is 0.325 e. The minimum Gasteiger partial charge on any atom is -0.480 e. The zero-order chi connectivity index (χ0) is 15.2. The fraction of sp³-hybridized carbons (Fsp3) is 0.615. The third kappa shape index (κ3) is 4.45. The van der Waals surface area contributed by atoms with Crippen LogP contribution in [0.5, 0.6) is 0 Å². The monoisotopic (exact) mass is 296 g/mol. The maximum atomic E-state index is 12.1. The average molecular weight is 296 g/mol. The Hall–Kier alpha value is -2.09. The van der Waals surface area contributed by atoms with Crippen LogP contribution in [0.1, 0.15) is 19.3 Å². The fourth-order valence-electron chi connectivity index (χ4n) is 2.52. The maximum Gasteiger partial charge on any atom is 0.325 e. The number of likely N-dealkylation sites (tertiary alicyclic amines) is 1. The lowest BCUT2D eigenvalue weighted by molar-refractivity contribution is -0.137. The van der Waals surface area contributed by atoms with Crippen LogP contribution in [0.4, 0.5) is 10.5 Å². The van der Waals surface area contributed by atoms with Gasteiger partial charge in [0.25, 0.3) is 0 Å². The molecule has 2 rings (SSSR count). The number of nitrogens with zero attached hydrogens (tertiary/aromatic N) is 3. The number of carbonyl (C=O) groups excluding carboxylic acids is 1. The maximum absolute atomic E-state index is 12.1. The Bertz CT molecular complexity index is 500. The zero-order valence-corrected chi connectivity index (χ0v) is 11.7. The number of hydrogen-bond donors (Lipinski definition) is 3. The molecular formula is C13H20N4O4. The van der Waals surface area contributed by atoms with Gasteiger partial charge in [-0.3, -0.25) is 9.48 Å². The van der Waals surface area contributed by atoms with Crippen LogP contribution >= 0.6 is 0 Å². The third-order valence-electron chi connectivity index (χ3n) is 3.53. The highest BCUT2D eigenvalue weighted by Crippen LogP contribution is 2.20. The zero-order valence-electron chi connectivity index (χ0n) is 11.7. The Kier molecular flexibility index (Phi) is 5.15. The first-order valence-electron chi connectivity index (χ1n) is 6.99. The normalized spacial score (nSPS) is 18.5. The summed E-state index contributed by atoms with van der Waals surface area (Å²) in [7, 11) is 0. The third-order valence-corrected chi connectivity index (χ3v) is 3.53. The summed E-state index contributed by atoms with van der Waals surface area (Å²) in [5.41, 5.74) is 0.477. The van der Waals surface area contributed by atoms with Gasteiger partial charge in [0.2, 0.25) is 0 Å². The molecule has 1 saturated heterocycles. The van der Waals surface area contributed by atoms with Crippen LogP contribution in [0.25, 0.3) is 0 Å². The lowest BCUT2D eigenvalue weighted by Crippen LogP contribution is -2.42. The number of piperidine rings is 1. The van der Waals surface area contributed by atoms with E-state index in [4.69, 9.17) is 10.2 Å². The van der Waals surface area contributed by atoms with Gasteiger partial charge in [0.15, 0.2) is 0 Å². The van der Waals surface area contributed by atoms with Crippen molar-refractivity contribution in [1.82, 2.24) is 14.7 Å². The van der Waals surface area contributed by atoms with Crippen LogP contribution in [0.3, 0.4) is 0 Å². The molecule has 1 atom stereocenters. The van der Waals surface area contributed by atoms with Crippen LogP contribution in [0.2, 0.25) is 0 Å². The van der Waals surface area contributed by atoms with Gasteiger partial charge in [-0.05, 0) is 25.2 Å². The molecule has 3 N–H and O–H groups in total. The number of hydrogen-bond acceptors (Lipinski definition) is 4. The highest BCUT2D eigenvalue weighted by Gasteiger charge is 2.23. The van der Waals surface area contributed by atoms with E-state index in [0.29, 0.717) is 31.1 Å². The van der Waals surface area contributed by atoms with E-state index in [2.05, 4.69) is 10.4 Å². The summed E-state index contributed by atoms with van der Waals surface area (Å²) in [5.74, 6) is -0.650. The van der Waals surface area contributed by atoms with Crippen molar-refractivity contribution in [2.45, 2.75) is 25.8 Å². The SMILES string of the molecule is O=C(O)Cn1cc(NC(=O)N2CCCC(CCO)C2)cn1. The van der Waals surface area contributed by atoms with Crippen molar-refractivity contribution in [3.63, 3.8) is 0 Å². The van der Waals surface area contributed by atoms with Crippen molar-refractivity contribution < 1.29 is 19.8 Å². The standard InChI is InChI=1S/C13H20N4O4/c18-5-3-10-2-1-4-16(7-10)13(21)15-11-6-14-17(8-11)9-12(19)20/h6,8,10,18H,1-5,7,9H2,(H,15,21)(H,19,20). The molecule has 2 heterocycles. The minimum atomic E-state index is -0.987. The van der Waals surface area contributed by atoms with E-state index in [1.54, 1.807) is 4.90 Å². The van der Waals surface area contributed by atoms with Gasteiger partial charge < -0.3 is 20.4 Å². The van der Waals surface area contributed by atoms with E-state index in [1.807, 2.05) is 0 Å². The second-order valence-corrected chi connectivity index (χ2v) is 5.22. The number of aliphatic hydroxyl groups excluding tert-OH is 1. The summed E-state index contributed by atoms with van der Waals surface area (Å²) in [6.07, 6.45) is 5.58. The molecule has 0 aromatic carbocycles. The van der Waals surface area contributed by atoms with E-state index in [1.165, 1.54) is 17.1 Å². The van der Waals surface area contributed by atoms with E-state index in [0.717, 1.165) is 12.8 Å². The molecular weight excluding hydrogens is 276 g/mol. The Balaban J connectivity index is 1.88. The summed E-state index contributed by atoms with van der Waals surface area (Å²) in [6.45, 7) is 1.23. The van der Waals surface area contributed by atoms with E-state index in [-0.39, 0.29) is 19.2 Å². The molecule has 0 spiro atoms. The molecule has 8 nitrogen and oxygen atoms in total. The Morgan fingerprint density at radius 2 is 2.29 bits per heavy atom. The van der Waals surface area contributed by atoms with Gasteiger partial charge in [-0.2, -0.15) is 5.10 Å². The number of carbonyl (C=O) groups is 2. The quantitative estimate of drug-likeness (QED) is 0.737. The highest BCUT2D eigenvalue weighted by atomic mass is 16.4. The molecule has 1 aliphatic rings. The van der Waals surface area contributed by atoms with Crippen molar-refractivity contribution in [1.29, 1.82) is 0 Å². The second kappa shape index (κ2) is 7.07. The number of carboxylic acid groups (broad SMARTS) is 1. The first-order chi connectivity index (χ1) is 10.1. The molecule has 1 aromatic rings. The molecule has 2 amide bonds. The number of amides is 2. The van der Waals surface area contributed by atoms with Crippen molar-refractivity contribution in [3.05, 3.63) is 12.4 Å². The molecule has 116 valence electrons. The predicted octanol–water partition coefficient (Wildman–Crippen LogP) is 0.594. The number of anilines is 1. The van der Waals surface area contributed by atoms with Gasteiger partial charge in [0, 0.05) is 25.9 Å². The van der Waals surface area contributed by atoms with Crippen LogP contribution in [0.15, 0.2) is 12.4 Å². The van der Waals surface area contributed by atoms with Crippen LogP contribution in [-0.2, 0) is 11.3 Å². The number of aliphatic carboxylic acids is 1. The first kappa shape index (κ1) is 15.3. The number of aromatic nitrogens is 2. The van der Waals surface area contributed by atoms with E-state index < -0.39 is 5.97 Å². The lowest BCUT2D eigenvalue weighted by atomic mass is 9.95. The van der Waals surface area contributed by atoms with Crippen LogP contribution in [-0.4, -0.2) is 56.6 Å². The molecule has 1 unspecified atom stereocenters. The van der Waals surface area contributed by atoms with Crippen LogP contribution in [0, 0.1) is 5.92 Å². The molecule has 0 bridgehead atoms. The van der Waals surface area contributed by atoms with Crippen molar-refractivity contribution in [2.24, 2.45) is 5.92 Å². The molecule has 21 heavy (non-hydrogen) atoms. The summed E-state index contributed by atoms with van der Waals surface area (Å²) in [5, 5.41) is 24.2. The summed E-state index contributed by atoms with van der Waals surface area (Å²) < 4.78 is 1.25. The molecule has 8 heteroatoms. The summed E-state index contributed by atoms with van der Waals surface area (Å²) in [6, 6.07) is -0.215. The first-order valence-corrected chi connectivity index (χ1v) is 6.99. The molecule has 1 aliphatic heterocycles. The average Bonchev–Trinajstić information content (AvgIpc) is 2.86. The van der Waals surface area contributed by atoms with Gasteiger partial charge in [-0.15, -0.1) is 0 Å². The molecule has 1 fully saturated rings. The summed E-state index contributed by atoms with van der Waals surface area (Å²) >= 11 is 0. The van der Waals surface area contributed by atoms with E-state index >= 15 is 0 Å². The lowest BCUT2D eigenvalue weighted by Gasteiger charge is -2.32. The van der Waals surface area contributed by atoms with Crippen molar-refractivity contribution >= 4 is 17.7 Å². The molecule has 1 aromatic heterocycles. The largest absolute Gasteiger partial charge is 0.480 e. The Morgan fingerprint density at radius 3 is 3.00 bits per heavy atom. The van der Waals surface area contributed by atoms with Gasteiger partial charge in [0.05, 0.1) is 11.9 Å². The predicted molar refractivity (Wildman–Crippen MR) is 74.9 cm³/mol. The number of nitrogens with one attached hydrogen (secondary N) is 1. The van der Waals surface area contributed by atoms with Gasteiger partial charge in [-0.1, -0.05) is 0 Å². The van der Waals surface area contributed by atoms with E-state index in [9.17, 15) is 9.59 Å². The molecule has 0 radical (unpaired) electrons. The topological polar surface area (TPSA) is 108 Å². The van der Waals surface area contributed by atoms with Gasteiger partial charge >= 0.3 is 12.0 Å². The molecule has 0 saturated carbocycles. The highest BCUT2D eigenvalue weighted by molar-refractivity contribution is 5.89. The number of aliphatic hydroxyl groups is 1. The minimum absolute atomic E-state index is 0.141. The number of carboxylic acids is 1. The summed E-state index contributed by atoms with van der Waals surface area (Å²) in [4.78, 5) is 24.4. The van der Waals surface area contributed by atoms with Gasteiger partial charge in [0.1, 0.15) is 6.54 Å². The van der Waals surface area contributed by atoms with Crippen molar-refractivity contribution in [3.8, 4) is 0 Å². The Labute approximate surface area is 122 Å².